The third kappa shape index (κ3) is 3.64. The molecule has 1 unspecified atom stereocenters. The van der Waals surface area contributed by atoms with Crippen LogP contribution in [0.15, 0.2) is 18.2 Å². The van der Waals surface area contributed by atoms with Crippen LogP contribution in [-0.4, -0.2) is 13.1 Å². The Labute approximate surface area is 100 Å². The molecule has 1 heteroatoms. The van der Waals surface area contributed by atoms with Gasteiger partial charge in [-0.05, 0) is 50.8 Å². The quantitative estimate of drug-likeness (QED) is 0.799. The largest absolute Gasteiger partial charge is 0.317 e. The van der Waals surface area contributed by atoms with E-state index in [1.807, 2.05) is 0 Å². The lowest BCUT2D eigenvalue weighted by molar-refractivity contribution is 0.402. The molecule has 1 atom stereocenters. The Morgan fingerprint density at radius 2 is 1.88 bits per heavy atom. The summed E-state index contributed by atoms with van der Waals surface area (Å²) < 4.78 is 0. The highest BCUT2D eigenvalue weighted by Gasteiger charge is 2.11. The third-order valence-electron chi connectivity index (χ3n) is 3.40. The second kappa shape index (κ2) is 6.05. The van der Waals surface area contributed by atoms with Gasteiger partial charge < -0.3 is 5.32 Å². The topological polar surface area (TPSA) is 12.0 Å². The van der Waals surface area contributed by atoms with Gasteiger partial charge in [-0.3, -0.25) is 0 Å². The van der Waals surface area contributed by atoms with Crippen LogP contribution in [0, 0.1) is 19.8 Å². The summed E-state index contributed by atoms with van der Waals surface area (Å²) in [6.45, 7) is 8.93. The van der Waals surface area contributed by atoms with Crippen molar-refractivity contribution in [3.63, 3.8) is 0 Å². The van der Waals surface area contributed by atoms with Gasteiger partial charge in [0.05, 0.1) is 0 Å². The molecule has 1 N–H and O–H groups in total. The smallest absolute Gasteiger partial charge is 0.00902 e. The van der Waals surface area contributed by atoms with Gasteiger partial charge >= 0.3 is 0 Å². The van der Waals surface area contributed by atoms with Crippen LogP contribution in [0.5, 0.6) is 0 Å². The first-order valence-corrected chi connectivity index (χ1v) is 6.28. The zero-order valence-corrected chi connectivity index (χ0v) is 11.3. The van der Waals surface area contributed by atoms with Crippen molar-refractivity contribution in [2.24, 2.45) is 5.92 Å². The molecule has 0 saturated carbocycles. The molecule has 0 aromatic heterocycles. The fourth-order valence-electron chi connectivity index (χ4n) is 2.25. The van der Waals surface area contributed by atoms with Crippen molar-refractivity contribution in [3.8, 4) is 0 Å². The summed E-state index contributed by atoms with van der Waals surface area (Å²) in [6, 6.07) is 7.39. The Morgan fingerprint density at radius 1 is 1.19 bits per heavy atom. The van der Waals surface area contributed by atoms with Gasteiger partial charge in [-0.15, -0.1) is 0 Å². The number of hydrogen-bond donors (Lipinski definition) is 1. The molecule has 0 heterocycles. The molecule has 0 spiro atoms. The molecule has 0 aliphatic rings. The van der Waals surface area contributed by atoms with E-state index in [0.29, 0.717) is 12.0 Å². The van der Waals surface area contributed by atoms with Crippen LogP contribution < -0.4 is 5.32 Å². The lowest BCUT2D eigenvalue weighted by Gasteiger charge is -2.20. The Hall–Kier alpha value is -0.820. The molecule has 0 radical (unpaired) electrons. The second-order valence-corrected chi connectivity index (χ2v) is 5.11. The van der Waals surface area contributed by atoms with Gasteiger partial charge in [-0.25, -0.2) is 0 Å². The SMILES string of the molecule is CNC(CCc1ccc(C)cc1C)C(C)C. The van der Waals surface area contributed by atoms with Crippen LogP contribution in [0.4, 0.5) is 0 Å². The molecular weight excluding hydrogens is 194 g/mol. The summed E-state index contributed by atoms with van der Waals surface area (Å²) >= 11 is 0. The van der Waals surface area contributed by atoms with Gasteiger partial charge in [0.2, 0.25) is 0 Å². The third-order valence-corrected chi connectivity index (χ3v) is 3.40. The van der Waals surface area contributed by atoms with E-state index in [0.717, 1.165) is 0 Å². The van der Waals surface area contributed by atoms with Crippen molar-refractivity contribution >= 4 is 0 Å². The fraction of sp³-hybridized carbons (Fsp3) is 0.600. The molecule has 1 nitrogen and oxygen atoms in total. The molecule has 90 valence electrons. The molecule has 16 heavy (non-hydrogen) atoms. The highest BCUT2D eigenvalue weighted by molar-refractivity contribution is 5.30. The number of benzene rings is 1. The van der Waals surface area contributed by atoms with Crippen molar-refractivity contribution in [2.75, 3.05) is 7.05 Å². The van der Waals surface area contributed by atoms with Crippen molar-refractivity contribution in [1.82, 2.24) is 5.32 Å². The molecular formula is C15H25N. The first kappa shape index (κ1) is 13.2. The number of nitrogens with one attached hydrogen (secondary N) is 1. The minimum atomic E-state index is 0.626. The number of hydrogen-bond acceptors (Lipinski definition) is 1. The maximum Gasteiger partial charge on any atom is 0.00902 e. The van der Waals surface area contributed by atoms with Gasteiger partial charge in [0, 0.05) is 6.04 Å². The van der Waals surface area contributed by atoms with E-state index < -0.39 is 0 Å². The lowest BCUT2D eigenvalue weighted by Crippen LogP contribution is -2.31. The monoisotopic (exact) mass is 219 g/mol. The Kier molecular flexibility index (Phi) is 5.01. The summed E-state index contributed by atoms with van der Waals surface area (Å²) in [6.07, 6.45) is 2.40. The highest BCUT2D eigenvalue weighted by Crippen LogP contribution is 2.15. The summed E-state index contributed by atoms with van der Waals surface area (Å²) in [7, 11) is 2.06. The van der Waals surface area contributed by atoms with Gasteiger partial charge in [0.25, 0.3) is 0 Å². The lowest BCUT2D eigenvalue weighted by atomic mass is 9.94. The summed E-state index contributed by atoms with van der Waals surface area (Å²) in [5.41, 5.74) is 4.28. The molecule has 0 aliphatic carbocycles. The van der Waals surface area contributed by atoms with E-state index in [4.69, 9.17) is 0 Å². The van der Waals surface area contributed by atoms with Crippen molar-refractivity contribution in [3.05, 3.63) is 34.9 Å². The van der Waals surface area contributed by atoms with Crippen molar-refractivity contribution in [1.29, 1.82) is 0 Å². The van der Waals surface area contributed by atoms with Gasteiger partial charge in [-0.2, -0.15) is 0 Å². The summed E-state index contributed by atoms with van der Waals surface area (Å²) in [5, 5.41) is 3.40. The van der Waals surface area contributed by atoms with E-state index in [-0.39, 0.29) is 0 Å². The molecule has 0 bridgehead atoms. The average molecular weight is 219 g/mol. The first-order chi connectivity index (χ1) is 7.54. The Balaban J connectivity index is 2.60. The second-order valence-electron chi connectivity index (χ2n) is 5.11. The van der Waals surface area contributed by atoms with Crippen molar-refractivity contribution in [2.45, 2.75) is 46.6 Å². The molecule has 1 aromatic rings. The van der Waals surface area contributed by atoms with Crippen LogP contribution >= 0.6 is 0 Å². The fourth-order valence-corrected chi connectivity index (χ4v) is 2.25. The van der Waals surface area contributed by atoms with E-state index >= 15 is 0 Å². The van der Waals surface area contributed by atoms with Crippen LogP contribution in [-0.2, 0) is 6.42 Å². The summed E-state index contributed by atoms with van der Waals surface area (Å²) in [5.74, 6) is 0.704. The first-order valence-electron chi connectivity index (χ1n) is 6.28. The molecule has 0 amide bonds. The molecule has 0 saturated heterocycles. The maximum absolute atomic E-state index is 3.40. The zero-order chi connectivity index (χ0) is 12.1. The van der Waals surface area contributed by atoms with E-state index in [1.54, 1.807) is 0 Å². The standard InChI is InChI=1S/C15H25N/c1-11(2)15(16-5)9-8-14-7-6-12(3)10-13(14)4/h6-7,10-11,15-16H,8-9H2,1-5H3. The predicted molar refractivity (Wildman–Crippen MR) is 71.9 cm³/mol. The Bertz CT molecular complexity index is 328. The van der Waals surface area contributed by atoms with Crippen LogP contribution in [0.3, 0.4) is 0 Å². The zero-order valence-electron chi connectivity index (χ0n) is 11.3. The van der Waals surface area contributed by atoms with E-state index in [2.05, 4.69) is 58.3 Å². The Morgan fingerprint density at radius 3 is 2.38 bits per heavy atom. The van der Waals surface area contributed by atoms with E-state index in [1.165, 1.54) is 29.5 Å². The van der Waals surface area contributed by atoms with Crippen LogP contribution in [0.1, 0.15) is 37.0 Å². The maximum atomic E-state index is 3.40. The average Bonchev–Trinajstić information content (AvgIpc) is 2.21. The normalized spacial score (nSPS) is 13.1. The number of rotatable bonds is 5. The molecule has 0 aliphatic heterocycles. The molecule has 0 fully saturated rings. The van der Waals surface area contributed by atoms with Crippen LogP contribution in [0.25, 0.3) is 0 Å². The summed E-state index contributed by atoms with van der Waals surface area (Å²) in [4.78, 5) is 0. The molecule has 1 rings (SSSR count). The van der Waals surface area contributed by atoms with Crippen LogP contribution in [0.2, 0.25) is 0 Å². The molecule has 1 aromatic carbocycles. The highest BCUT2D eigenvalue weighted by atomic mass is 14.9. The predicted octanol–water partition coefficient (Wildman–Crippen LogP) is 3.48. The van der Waals surface area contributed by atoms with Crippen molar-refractivity contribution < 1.29 is 0 Å². The van der Waals surface area contributed by atoms with E-state index in [9.17, 15) is 0 Å². The minimum Gasteiger partial charge on any atom is -0.317 e. The minimum absolute atomic E-state index is 0.626. The number of aryl methyl sites for hydroxylation is 3. The van der Waals surface area contributed by atoms with Gasteiger partial charge in [0.15, 0.2) is 0 Å². The van der Waals surface area contributed by atoms with Gasteiger partial charge in [-0.1, -0.05) is 37.6 Å². The van der Waals surface area contributed by atoms with Gasteiger partial charge in [0.1, 0.15) is 0 Å².